The Morgan fingerprint density at radius 1 is 1.50 bits per heavy atom. The Morgan fingerprint density at radius 3 is 3.15 bits per heavy atom. The van der Waals surface area contributed by atoms with E-state index in [1.54, 1.807) is 34.4 Å². The highest BCUT2D eigenvalue weighted by molar-refractivity contribution is 8.01. The van der Waals surface area contributed by atoms with Gasteiger partial charge in [0.1, 0.15) is 0 Å². The van der Waals surface area contributed by atoms with Gasteiger partial charge in [-0.25, -0.2) is 0 Å². The van der Waals surface area contributed by atoms with E-state index < -0.39 is 0 Å². The monoisotopic (exact) mass is 324 g/mol. The van der Waals surface area contributed by atoms with Crippen LogP contribution in [0.15, 0.2) is 21.9 Å². The van der Waals surface area contributed by atoms with E-state index >= 15 is 0 Å². The summed E-state index contributed by atoms with van der Waals surface area (Å²) in [7, 11) is 0. The highest BCUT2D eigenvalue weighted by Crippen LogP contribution is 2.30. The zero-order valence-electron chi connectivity index (χ0n) is 11.2. The van der Waals surface area contributed by atoms with Crippen LogP contribution in [0.3, 0.4) is 0 Å². The van der Waals surface area contributed by atoms with Crippen LogP contribution < -0.4 is 5.32 Å². The van der Waals surface area contributed by atoms with E-state index in [1.165, 1.54) is 4.88 Å². The van der Waals surface area contributed by atoms with Crippen molar-refractivity contribution in [1.82, 2.24) is 10.2 Å². The predicted octanol–water partition coefficient (Wildman–Crippen LogP) is 4.04. The van der Waals surface area contributed by atoms with Crippen LogP contribution in [0.4, 0.5) is 5.13 Å². The maximum absolute atomic E-state index is 8.57. The molecule has 0 bridgehead atoms. The molecule has 1 atom stereocenters. The Kier molecular flexibility index (Phi) is 6.30. The van der Waals surface area contributed by atoms with Crippen molar-refractivity contribution in [3.8, 4) is 6.07 Å². The van der Waals surface area contributed by atoms with Gasteiger partial charge in [0.25, 0.3) is 0 Å². The molecule has 0 amide bonds. The van der Waals surface area contributed by atoms with Crippen LogP contribution in [-0.4, -0.2) is 22.0 Å². The number of hydrogen-bond acceptors (Lipinski definition) is 7. The van der Waals surface area contributed by atoms with Crippen LogP contribution in [0.25, 0.3) is 0 Å². The van der Waals surface area contributed by atoms with E-state index in [9.17, 15) is 0 Å². The molecule has 0 unspecified atom stereocenters. The smallest absolute Gasteiger partial charge is 0.206 e. The molecule has 7 heteroatoms. The molecule has 0 aliphatic carbocycles. The normalized spacial score (nSPS) is 12.0. The topological polar surface area (TPSA) is 61.6 Å². The van der Waals surface area contributed by atoms with Gasteiger partial charge in [0.2, 0.25) is 5.13 Å². The molecule has 2 heterocycles. The van der Waals surface area contributed by atoms with Crippen molar-refractivity contribution in [2.24, 2.45) is 0 Å². The minimum atomic E-state index is 0.404. The molecule has 0 aromatic carbocycles. The van der Waals surface area contributed by atoms with Gasteiger partial charge in [-0.05, 0) is 24.3 Å². The third-order valence-electron chi connectivity index (χ3n) is 2.60. The SMILES string of the molecule is C[C@H](CCC#N)Sc1nnc(NCCc2cccs2)s1. The van der Waals surface area contributed by atoms with Crippen molar-refractivity contribution in [1.29, 1.82) is 5.26 Å². The van der Waals surface area contributed by atoms with E-state index in [4.69, 9.17) is 5.26 Å². The van der Waals surface area contributed by atoms with E-state index in [0.29, 0.717) is 11.7 Å². The van der Waals surface area contributed by atoms with Gasteiger partial charge in [-0.1, -0.05) is 36.1 Å². The Hall–Kier alpha value is -1.10. The number of nitriles is 1. The predicted molar refractivity (Wildman–Crippen MR) is 86.6 cm³/mol. The quantitative estimate of drug-likeness (QED) is 0.743. The minimum absolute atomic E-state index is 0.404. The molecule has 106 valence electrons. The van der Waals surface area contributed by atoms with Crippen LogP contribution >= 0.6 is 34.4 Å². The summed E-state index contributed by atoms with van der Waals surface area (Å²) in [5.41, 5.74) is 0. The second kappa shape index (κ2) is 8.25. The first kappa shape index (κ1) is 15.3. The number of thiophene rings is 1. The molecule has 2 rings (SSSR count). The highest BCUT2D eigenvalue weighted by Gasteiger charge is 2.09. The fourth-order valence-electron chi connectivity index (χ4n) is 1.58. The molecule has 2 aromatic rings. The Morgan fingerprint density at radius 2 is 2.40 bits per heavy atom. The number of nitrogens with one attached hydrogen (secondary N) is 1. The van der Waals surface area contributed by atoms with Gasteiger partial charge in [-0.3, -0.25) is 0 Å². The summed E-state index contributed by atoms with van der Waals surface area (Å²) >= 11 is 5.05. The average Bonchev–Trinajstić information content (AvgIpc) is 3.08. The van der Waals surface area contributed by atoms with Gasteiger partial charge < -0.3 is 5.32 Å². The molecule has 0 fully saturated rings. The minimum Gasteiger partial charge on any atom is -0.360 e. The van der Waals surface area contributed by atoms with Crippen molar-refractivity contribution < 1.29 is 0 Å². The molecule has 2 aromatic heterocycles. The van der Waals surface area contributed by atoms with E-state index in [0.717, 1.165) is 28.9 Å². The number of thioether (sulfide) groups is 1. The van der Waals surface area contributed by atoms with E-state index in [-0.39, 0.29) is 0 Å². The third-order valence-corrected chi connectivity index (χ3v) is 5.67. The lowest BCUT2D eigenvalue weighted by atomic mass is 10.3. The van der Waals surface area contributed by atoms with Gasteiger partial charge in [0, 0.05) is 23.1 Å². The number of hydrogen-bond donors (Lipinski definition) is 1. The first-order valence-corrected chi connectivity index (χ1v) is 8.99. The van der Waals surface area contributed by atoms with Crippen LogP contribution in [-0.2, 0) is 6.42 Å². The summed E-state index contributed by atoms with van der Waals surface area (Å²) in [5.74, 6) is 0. The molecule has 20 heavy (non-hydrogen) atoms. The van der Waals surface area contributed by atoms with Crippen molar-refractivity contribution in [2.45, 2.75) is 35.8 Å². The summed E-state index contributed by atoms with van der Waals surface area (Å²) in [6.07, 6.45) is 2.50. The Labute approximate surface area is 131 Å². The first-order valence-electron chi connectivity index (χ1n) is 6.41. The summed E-state index contributed by atoms with van der Waals surface area (Å²) in [5, 5.41) is 23.6. The molecule has 0 saturated carbocycles. The summed E-state index contributed by atoms with van der Waals surface area (Å²) in [6, 6.07) is 6.39. The van der Waals surface area contributed by atoms with E-state index in [1.807, 2.05) is 0 Å². The van der Waals surface area contributed by atoms with Gasteiger partial charge in [-0.2, -0.15) is 5.26 Å². The van der Waals surface area contributed by atoms with Gasteiger partial charge in [0.15, 0.2) is 4.34 Å². The number of rotatable bonds is 8. The summed E-state index contributed by atoms with van der Waals surface area (Å²) < 4.78 is 0.967. The van der Waals surface area contributed by atoms with Crippen molar-refractivity contribution in [3.05, 3.63) is 22.4 Å². The van der Waals surface area contributed by atoms with Gasteiger partial charge in [-0.15, -0.1) is 21.5 Å². The van der Waals surface area contributed by atoms with Crippen LogP contribution in [0.1, 0.15) is 24.6 Å². The molecule has 0 radical (unpaired) electrons. The maximum atomic E-state index is 8.57. The fraction of sp³-hybridized carbons (Fsp3) is 0.462. The molecule has 0 spiro atoms. The Bertz CT molecular complexity index is 544. The lowest BCUT2D eigenvalue weighted by Gasteiger charge is -2.04. The van der Waals surface area contributed by atoms with Crippen LogP contribution in [0, 0.1) is 11.3 Å². The summed E-state index contributed by atoms with van der Waals surface area (Å²) in [4.78, 5) is 1.38. The first-order chi connectivity index (χ1) is 9.78. The number of aromatic nitrogens is 2. The summed E-state index contributed by atoms with van der Waals surface area (Å²) in [6.45, 7) is 3.00. The second-order valence-corrected chi connectivity index (χ2v) is 7.95. The standard InChI is InChI=1S/C13H16N4S3/c1-10(4-2-7-14)19-13-17-16-12(20-13)15-8-6-11-5-3-9-18-11/h3,5,9-10H,2,4,6,8H2,1H3,(H,15,16)/t10-/m1/s1. The molecular formula is C13H16N4S3. The van der Waals surface area contributed by atoms with E-state index in [2.05, 4.69) is 46.0 Å². The van der Waals surface area contributed by atoms with Crippen LogP contribution in [0.2, 0.25) is 0 Å². The molecular weight excluding hydrogens is 308 g/mol. The largest absolute Gasteiger partial charge is 0.360 e. The van der Waals surface area contributed by atoms with Gasteiger partial charge >= 0.3 is 0 Å². The number of anilines is 1. The number of nitrogens with zero attached hydrogens (tertiary/aromatic N) is 3. The van der Waals surface area contributed by atoms with Crippen molar-refractivity contribution in [2.75, 3.05) is 11.9 Å². The van der Waals surface area contributed by atoms with Crippen molar-refractivity contribution >= 4 is 39.6 Å². The third kappa shape index (κ3) is 5.12. The fourth-order valence-corrected chi connectivity index (χ4v) is 4.38. The molecule has 1 N–H and O–H groups in total. The highest BCUT2D eigenvalue weighted by atomic mass is 32.2. The van der Waals surface area contributed by atoms with Crippen molar-refractivity contribution in [3.63, 3.8) is 0 Å². The molecule has 0 saturated heterocycles. The molecule has 0 aliphatic rings. The lowest BCUT2D eigenvalue weighted by Crippen LogP contribution is -2.03. The second-order valence-electron chi connectivity index (χ2n) is 4.25. The van der Waals surface area contributed by atoms with Crippen LogP contribution in [0.5, 0.6) is 0 Å². The zero-order valence-corrected chi connectivity index (χ0v) is 13.7. The Balaban J connectivity index is 1.73. The molecule has 0 aliphatic heterocycles. The zero-order chi connectivity index (χ0) is 14.2. The van der Waals surface area contributed by atoms with Gasteiger partial charge in [0.05, 0.1) is 6.07 Å². The molecule has 4 nitrogen and oxygen atoms in total. The maximum Gasteiger partial charge on any atom is 0.206 e. The lowest BCUT2D eigenvalue weighted by molar-refractivity contribution is 0.836. The average molecular weight is 324 g/mol.